The second-order valence-electron chi connectivity index (χ2n) is 10.3. The van der Waals surface area contributed by atoms with Gasteiger partial charge in [0, 0.05) is 12.0 Å². The number of hydrogen-bond donors (Lipinski definition) is 3. The Balaban J connectivity index is 0.000000574. The van der Waals surface area contributed by atoms with Crippen molar-refractivity contribution in [3.8, 4) is 0 Å². The van der Waals surface area contributed by atoms with Crippen LogP contribution in [0.4, 0.5) is 26.3 Å². The van der Waals surface area contributed by atoms with E-state index in [4.69, 9.17) is 29.3 Å². The molecule has 248 valence electrons. The minimum Gasteiger partial charge on any atom is -0.542 e. The summed E-state index contributed by atoms with van der Waals surface area (Å²) in [6.07, 6.45) is -5.19. The number of carbonyl (C=O) groups excluding carboxylic acids is 4. The highest BCUT2D eigenvalue weighted by Crippen LogP contribution is 2.33. The number of quaternary nitrogens is 2. The van der Waals surface area contributed by atoms with Gasteiger partial charge in [-0.15, -0.1) is 0 Å². The summed E-state index contributed by atoms with van der Waals surface area (Å²) in [6.45, 7) is 10.7. The third-order valence-corrected chi connectivity index (χ3v) is 5.54. The number of aliphatic carboxylic acids is 2. The fourth-order valence-corrected chi connectivity index (χ4v) is 3.60. The number of ether oxygens (including phenoxy) is 2. The summed E-state index contributed by atoms with van der Waals surface area (Å²) in [5.74, 6) is -6.19. The molecule has 0 amide bonds. The van der Waals surface area contributed by atoms with Crippen molar-refractivity contribution in [3.63, 3.8) is 0 Å². The Kier molecular flexibility index (Phi) is 13.6. The molecule has 0 aromatic carbocycles. The number of allylic oxidation sites excluding steroid dienone is 1. The largest absolute Gasteiger partial charge is 0.542 e. The molecule has 1 fully saturated rings. The van der Waals surface area contributed by atoms with Crippen molar-refractivity contribution >= 4 is 29.6 Å². The molecule has 0 unspecified atom stereocenters. The van der Waals surface area contributed by atoms with Gasteiger partial charge in [-0.2, -0.15) is 31.8 Å². The molecular formula is C26H34F6N4O8. The van der Waals surface area contributed by atoms with Gasteiger partial charge in [-0.1, -0.05) is 12.0 Å². The number of carbonyl (C=O) groups is 4. The van der Waals surface area contributed by atoms with Crippen LogP contribution in [0.1, 0.15) is 79.6 Å². The Morgan fingerprint density at radius 3 is 1.91 bits per heavy atom. The summed E-state index contributed by atoms with van der Waals surface area (Å²) in [6, 6.07) is 0. The zero-order valence-corrected chi connectivity index (χ0v) is 24.5. The molecule has 0 atom stereocenters. The molecule has 1 aromatic rings. The highest BCUT2D eigenvalue weighted by atomic mass is 19.4. The SMILES string of the molecule is CCOC(=O)c1c(C[NH2+]CC2=N[NH2+]C(C3CC3)=C2)[nH]c(C(=O)OC(C)(C)C)c1CC.O=C([O-])C(F)(F)F.O=C([O-])C(F)(F)F. The lowest BCUT2D eigenvalue weighted by atomic mass is 10.1. The van der Waals surface area contributed by atoms with Crippen LogP contribution in [0.3, 0.4) is 0 Å². The first kappa shape index (κ1) is 38.1. The zero-order chi connectivity index (χ0) is 34.0. The van der Waals surface area contributed by atoms with Gasteiger partial charge in [0.15, 0.2) is 5.71 Å². The number of hydrogen-bond acceptors (Lipinski definition) is 9. The zero-order valence-electron chi connectivity index (χ0n) is 24.5. The van der Waals surface area contributed by atoms with Crippen LogP contribution in [-0.4, -0.2) is 65.7 Å². The molecule has 1 aliphatic carbocycles. The number of rotatable bonds is 9. The molecule has 1 aliphatic heterocycles. The molecule has 18 heteroatoms. The van der Waals surface area contributed by atoms with E-state index in [1.54, 1.807) is 6.92 Å². The lowest BCUT2D eigenvalue weighted by molar-refractivity contribution is -0.659. The number of halogens is 6. The molecular weight excluding hydrogens is 610 g/mol. The number of aromatic nitrogens is 1. The van der Waals surface area contributed by atoms with Gasteiger partial charge in [-0.3, -0.25) is 0 Å². The van der Waals surface area contributed by atoms with Crippen molar-refractivity contribution in [2.75, 3.05) is 13.2 Å². The molecule has 1 saturated carbocycles. The van der Waals surface area contributed by atoms with E-state index in [1.807, 2.05) is 33.1 Å². The number of H-pyrrole nitrogens is 1. The van der Waals surface area contributed by atoms with E-state index in [-0.39, 0.29) is 6.61 Å². The van der Waals surface area contributed by atoms with Gasteiger partial charge >= 0.3 is 24.3 Å². The van der Waals surface area contributed by atoms with E-state index in [1.165, 1.54) is 18.5 Å². The van der Waals surface area contributed by atoms with Crippen LogP contribution in [0.15, 0.2) is 16.9 Å². The minimum atomic E-state index is -5.19. The van der Waals surface area contributed by atoms with Gasteiger partial charge < -0.3 is 39.6 Å². The van der Waals surface area contributed by atoms with Gasteiger partial charge in [0.1, 0.15) is 42.0 Å². The van der Waals surface area contributed by atoms with Crippen LogP contribution < -0.4 is 21.0 Å². The van der Waals surface area contributed by atoms with Gasteiger partial charge in [-0.25, -0.2) is 9.59 Å². The Labute approximate surface area is 247 Å². The lowest BCUT2D eigenvalue weighted by Crippen LogP contribution is -2.84. The summed E-state index contributed by atoms with van der Waals surface area (Å²) < 4.78 is 73.9. The average Bonchev–Trinajstić information content (AvgIpc) is 3.49. The average molecular weight is 645 g/mol. The molecule has 1 aromatic heterocycles. The van der Waals surface area contributed by atoms with Gasteiger partial charge in [0.25, 0.3) is 0 Å². The van der Waals surface area contributed by atoms with E-state index in [9.17, 15) is 35.9 Å². The summed E-state index contributed by atoms with van der Waals surface area (Å²) >= 11 is 0. The Morgan fingerprint density at radius 1 is 0.977 bits per heavy atom. The predicted octanol–water partition coefficient (Wildman–Crippen LogP) is -0.403. The van der Waals surface area contributed by atoms with Crippen molar-refractivity contribution in [1.82, 2.24) is 4.98 Å². The predicted molar refractivity (Wildman–Crippen MR) is 134 cm³/mol. The second-order valence-corrected chi connectivity index (χ2v) is 10.3. The number of alkyl halides is 6. The Hall–Kier alpha value is -3.93. The molecule has 3 rings (SSSR count). The standard InChI is InChI=1S/C22H32N4O4.2C2HF3O2/c1-6-15-18(20(27)29-7-2)17(24-19(15)21(28)30-22(3,4)5)12-23-11-14-10-16(26-25-14)13-8-9-13;2*3-2(4,5)1(6)7/h10,13,23-24H,6-9,11-12H2,1-5H3,(H,25,26);2*(H,6,7). The van der Waals surface area contributed by atoms with E-state index >= 15 is 0 Å². The van der Waals surface area contributed by atoms with E-state index in [0.717, 1.165) is 5.71 Å². The molecule has 5 N–H and O–H groups in total. The normalized spacial score (nSPS) is 14.7. The fourth-order valence-electron chi connectivity index (χ4n) is 3.60. The third-order valence-electron chi connectivity index (χ3n) is 5.54. The van der Waals surface area contributed by atoms with Crippen molar-refractivity contribution in [2.45, 2.75) is 78.4 Å². The summed E-state index contributed by atoms with van der Waals surface area (Å²) in [7, 11) is 0. The Morgan fingerprint density at radius 2 is 1.50 bits per heavy atom. The first-order valence-corrected chi connectivity index (χ1v) is 13.3. The maximum Gasteiger partial charge on any atom is 0.430 e. The van der Waals surface area contributed by atoms with Gasteiger partial charge in [0.2, 0.25) is 0 Å². The van der Waals surface area contributed by atoms with E-state index in [0.29, 0.717) is 47.9 Å². The van der Waals surface area contributed by atoms with Crippen molar-refractivity contribution in [2.24, 2.45) is 11.0 Å². The van der Waals surface area contributed by atoms with Crippen LogP contribution in [0.25, 0.3) is 0 Å². The Bertz CT molecular complexity index is 1230. The van der Waals surface area contributed by atoms with Gasteiger partial charge in [0.05, 0.1) is 17.9 Å². The number of nitrogens with two attached hydrogens (primary N) is 2. The highest BCUT2D eigenvalue weighted by molar-refractivity contribution is 5.99. The fraction of sp³-hybridized carbons (Fsp3) is 0.577. The van der Waals surface area contributed by atoms with E-state index < -0.39 is 41.8 Å². The maximum absolute atomic E-state index is 12.7. The number of nitrogens with zero attached hydrogens (tertiary/aromatic N) is 1. The molecule has 0 spiro atoms. The lowest BCUT2D eigenvalue weighted by Gasteiger charge is -2.19. The van der Waals surface area contributed by atoms with Gasteiger partial charge in [-0.05, 0) is 52.5 Å². The minimum absolute atomic E-state index is 0.277. The maximum atomic E-state index is 12.7. The molecule has 0 bridgehead atoms. The first-order valence-electron chi connectivity index (χ1n) is 13.3. The van der Waals surface area contributed by atoms with Crippen molar-refractivity contribution in [1.29, 1.82) is 0 Å². The molecule has 12 nitrogen and oxygen atoms in total. The molecule has 2 aliphatic rings. The number of aromatic amines is 1. The van der Waals surface area contributed by atoms with Crippen LogP contribution in [0, 0.1) is 5.92 Å². The van der Waals surface area contributed by atoms with E-state index in [2.05, 4.69) is 21.5 Å². The summed E-state index contributed by atoms with van der Waals surface area (Å²) in [5.41, 5.74) is 5.82. The number of carboxylic acid groups (broad SMARTS) is 2. The number of carboxylic acids is 2. The van der Waals surface area contributed by atoms with Crippen molar-refractivity contribution < 1.29 is 75.9 Å². The number of esters is 2. The topological polar surface area (TPSA) is 194 Å². The second kappa shape index (κ2) is 15.7. The highest BCUT2D eigenvalue weighted by Gasteiger charge is 2.33. The quantitative estimate of drug-likeness (QED) is 0.184. The summed E-state index contributed by atoms with van der Waals surface area (Å²) in [5, 5.41) is 24.1. The monoisotopic (exact) mass is 644 g/mol. The van der Waals surface area contributed by atoms with Crippen LogP contribution >= 0.6 is 0 Å². The molecule has 44 heavy (non-hydrogen) atoms. The van der Waals surface area contributed by atoms with Crippen LogP contribution in [0.2, 0.25) is 0 Å². The van der Waals surface area contributed by atoms with Crippen LogP contribution in [-0.2, 0) is 32.0 Å². The molecule has 2 heterocycles. The first-order chi connectivity index (χ1) is 20.1. The summed E-state index contributed by atoms with van der Waals surface area (Å²) in [4.78, 5) is 46.1. The van der Waals surface area contributed by atoms with Crippen LogP contribution in [0.5, 0.6) is 0 Å². The van der Waals surface area contributed by atoms with Crippen molar-refractivity contribution in [3.05, 3.63) is 34.3 Å². The third kappa shape index (κ3) is 12.7. The molecule has 0 saturated heterocycles. The number of nitrogens with one attached hydrogen (secondary N) is 1. The molecule has 0 radical (unpaired) electrons. The smallest absolute Gasteiger partial charge is 0.430 e.